The smallest absolute Gasteiger partial charge is 0.181 e. The molecule has 1 aliphatic heterocycles. The number of hydrogen-bond donors (Lipinski definition) is 0. The van der Waals surface area contributed by atoms with Crippen molar-refractivity contribution in [3.05, 3.63) is 60.2 Å². The highest BCUT2D eigenvalue weighted by Gasteiger charge is 2.37. The Morgan fingerprint density at radius 3 is 2.33 bits per heavy atom. The van der Waals surface area contributed by atoms with E-state index in [1.165, 1.54) is 5.56 Å². The first kappa shape index (κ1) is 22.2. The van der Waals surface area contributed by atoms with Gasteiger partial charge in [0, 0.05) is 12.8 Å². The van der Waals surface area contributed by atoms with Crippen LogP contribution in [0, 0.1) is 6.92 Å². The third-order valence-electron chi connectivity index (χ3n) is 5.38. The number of sulfone groups is 1. The molecule has 2 aromatic rings. The molecule has 0 aliphatic carbocycles. The van der Waals surface area contributed by atoms with Crippen molar-refractivity contribution in [2.24, 2.45) is 0 Å². The van der Waals surface area contributed by atoms with Crippen molar-refractivity contribution < 1.29 is 41.6 Å². The topological polar surface area (TPSA) is 43.4 Å². The molecule has 0 amide bonds. The Labute approximate surface area is 180 Å². The van der Waals surface area contributed by atoms with Crippen LogP contribution in [0.1, 0.15) is 18.4 Å². The van der Waals surface area contributed by atoms with Crippen LogP contribution in [0.4, 0.5) is 0 Å². The summed E-state index contributed by atoms with van der Waals surface area (Å²) in [5.41, 5.74) is 1.19. The van der Waals surface area contributed by atoms with E-state index in [0.717, 1.165) is 29.9 Å². The Balaban J connectivity index is 0.00000261. The van der Waals surface area contributed by atoms with Crippen molar-refractivity contribution in [3.8, 4) is 5.75 Å². The van der Waals surface area contributed by atoms with Gasteiger partial charge in [-0.3, -0.25) is 0 Å². The van der Waals surface area contributed by atoms with Crippen LogP contribution in [0.3, 0.4) is 0 Å². The third kappa shape index (κ3) is 5.68. The summed E-state index contributed by atoms with van der Waals surface area (Å²) in [6.07, 6.45) is 1.41. The van der Waals surface area contributed by atoms with Crippen LogP contribution in [-0.4, -0.2) is 51.4 Å². The fraction of sp³-hybridized carbons (Fsp3) is 0.429. The van der Waals surface area contributed by atoms with Gasteiger partial charge in [0.2, 0.25) is 0 Å². The van der Waals surface area contributed by atoms with Gasteiger partial charge in [0.05, 0.1) is 30.3 Å². The molecule has 4 nitrogen and oxygen atoms in total. The van der Waals surface area contributed by atoms with Crippen molar-refractivity contribution in [3.63, 3.8) is 0 Å². The molecular formula is C21H28INO3S. The quantitative estimate of drug-likeness (QED) is 0.427. The second kappa shape index (κ2) is 9.39. The van der Waals surface area contributed by atoms with Crippen molar-refractivity contribution >= 4 is 9.84 Å². The van der Waals surface area contributed by atoms with Gasteiger partial charge in [-0.25, -0.2) is 8.42 Å². The van der Waals surface area contributed by atoms with Gasteiger partial charge in [0.15, 0.2) is 9.84 Å². The van der Waals surface area contributed by atoms with Crippen LogP contribution < -0.4 is 28.7 Å². The van der Waals surface area contributed by atoms with Gasteiger partial charge in [-0.15, -0.1) is 0 Å². The minimum absolute atomic E-state index is 0. The minimum Gasteiger partial charge on any atom is -1.00 e. The molecule has 148 valence electrons. The van der Waals surface area contributed by atoms with E-state index in [1.807, 2.05) is 24.3 Å². The van der Waals surface area contributed by atoms with Gasteiger partial charge in [-0.2, -0.15) is 0 Å². The minimum atomic E-state index is -3.22. The first-order valence-corrected chi connectivity index (χ1v) is 10.8. The third-order valence-corrected chi connectivity index (χ3v) is 7.66. The maximum Gasteiger partial charge on any atom is 0.181 e. The van der Waals surface area contributed by atoms with Crippen molar-refractivity contribution in [2.75, 3.05) is 33.3 Å². The molecule has 0 bridgehead atoms. The highest BCUT2D eigenvalue weighted by molar-refractivity contribution is 7.92. The van der Waals surface area contributed by atoms with E-state index < -0.39 is 9.84 Å². The lowest BCUT2D eigenvalue weighted by Gasteiger charge is -2.40. The molecule has 0 atom stereocenters. The SMILES string of the molecule is Cc1cccc(OCC[N+]2(C)CCC(S(=O)(=O)c3ccccc3)CC2)c1.[I-]. The van der Waals surface area contributed by atoms with Crippen molar-refractivity contribution in [1.29, 1.82) is 0 Å². The predicted octanol–water partition coefficient (Wildman–Crippen LogP) is 0.461. The molecule has 0 N–H and O–H groups in total. The summed E-state index contributed by atoms with van der Waals surface area (Å²) in [4.78, 5) is 0.448. The number of ether oxygens (including phenoxy) is 1. The summed E-state index contributed by atoms with van der Waals surface area (Å²) in [6, 6.07) is 16.9. The number of benzene rings is 2. The lowest BCUT2D eigenvalue weighted by atomic mass is 10.1. The van der Waals surface area contributed by atoms with E-state index in [-0.39, 0.29) is 29.2 Å². The van der Waals surface area contributed by atoms with Gasteiger partial charge in [-0.05, 0) is 36.8 Å². The molecule has 1 heterocycles. The van der Waals surface area contributed by atoms with Gasteiger partial charge in [-0.1, -0.05) is 30.3 Å². The zero-order valence-corrected chi connectivity index (χ0v) is 18.9. The molecule has 0 spiro atoms. The Morgan fingerprint density at radius 1 is 1.04 bits per heavy atom. The van der Waals surface area contributed by atoms with Gasteiger partial charge < -0.3 is 33.2 Å². The number of likely N-dealkylation sites (tertiary alicyclic amines) is 1. The fourth-order valence-corrected chi connectivity index (χ4v) is 5.35. The number of aryl methyl sites for hydroxylation is 1. The molecule has 2 aromatic carbocycles. The molecule has 0 unspecified atom stereocenters. The van der Waals surface area contributed by atoms with Crippen LogP contribution in [0.2, 0.25) is 0 Å². The second-order valence-electron chi connectivity index (χ2n) is 7.51. The number of piperidine rings is 1. The molecule has 1 fully saturated rings. The summed E-state index contributed by atoms with van der Waals surface area (Å²) in [5.74, 6) is 0.901. The van der Waals surface area contributed by atoms with E-state index >= 15 is 0 Å². The zero-order chi connectivity index (χ0) is 18.6. The van der Waals surface area contributed by atoms with E-state index in [2.05, 4.69) is 20.0 Å². The number of likely N-dealkylation sites (N-methyl/N-ethyl adjacent to an activating group) is 1. The Hall–Kier alpha value is -1.12. The van der Waals surface area contributed by atoms with Crippen LogP contribution in [-0.2, 0) is 9.84 Å². The summed E-state index contributed by atoms with van der Waals surface area (Å²) >= 11 is 0. The molecule has 3 rings (SSSR count). The summed E-state index contributed by atoms with van der Waals surface area (Å²) < 4.78 is 32.3. The molecule has 0 radical (unpaired) electrons. The number of quaternary nitrogens is 1. The Morgan fingerprint density at radius 2 is 1.70 bits per heavy atom. The lowest BCUT2D eigenvalue weighted by Crippen LogP contribution is -3.00. The van der Waals surface area contributed by atoms with Crippen LogP contribution >= 0.6 is 0 Å². The van der Waals surface area contributed by atoms with Crippen LogP contribution in [0.25, 0.3) is 0 Å². The molecular weight excluding hydrogens is 473 g/mol. The van der Waals surface area contributed by atoms with Crippen LogP contribution in [0.5, 0.6) is 5.75 Å². The largest absolute Gasteiger partial charge is 1.00 e. The summed E-state index contributed by atoms with van der Waals surface area (Å²) in [6.45, 7) is 5.34. The van der Waals surface area contributed by atoms with E-state index in [1.54, 1.807) is 24.3 Å². The monoisotopic (exact) mass is 501 g/mol. The fourth-order valence-electron chi connectivity index (χ4n) is 3.59. The van der Waals surface area contributed by atoms with Crippen LogP contribution in [0.15, 0.2) is 59.5 Å². The first-order valence-electron chi connectivity index (χ1n) is 9.21. The van der Waals surface area contributed by atoms with Gasteiger partial charge >= 0.3 is 0 Å². The maximum absolute atomic E-state index is 12.8. The molecule has 0 saturated carbocycles. The molecule has 0 aromatic heterocycles. The first-order chi connectivity index (χ1) is 12.4. The van der Waals surface area contributed by atoms with Gasteiger partial charge in [0.1, 0.15) is 18.9 Å². The standard InChI is InChI=1S/C21H28NO3S.HI/c1-18-7-6-8-19(17-18)25-16-15-22(2)13-11-21(12-14-22)26(23,24)20-9-4-3-5-10-20;/h3-10,17,21H,11-16H2,1-2H3;1H/q+1;/p-1. The van der Waals surface area contributed by atoms with Crippen molar-refractivity contribution in [2.45, 2.75) is 29.9 Å². The van der Waals surface area contributed by atoms with E-state index in [0.29, 0.717) is 24.3 Å². The average Bonchev–Trinajstić information content (AvgIpc) is 2.63. The number of nitrogens with zero attached hydrogens (tertiary/aromatic N) is 1. The maximum atomic E-state index is 12.8. The second-order valence-corrected chi connectivity index (χ2v) is 9.74. The number of rotatable bonds is 6. The Kier molecular flexibility index (Phi) is 7.71. The zero-order valence-electron chi connectivity index (χ0n) is 16.0. The molecule has 6 heteroatoms. The summed E-state index contributed by atoms with van der Waals surface area (Å²) in [5, 5.41) is -0.270. The van der Waals surface area contributed by atoms with E-state index in [9.17, 15) is 8.42 Å². The molecule has 27 heavy (non-hydrogen) atoms. The number of hydrogen-bond acceptors (Lipinski definition) is 3. The normalized spacial score (nSPS) is 22.7. The average molecular weight is 501 g/mol. The highest BCUT2D eigenvalue weighted by Crippen LogP contribution is 2.27. The Bertz CT molecular complexity index is 832. The molecule has 1 aliphatic rings. The predicted molar refractivity (Wildman–Crippen MR) is 104 cm³/mol. The van der Waals surface area contributed by atoms with Crippen molar-refractivity contribution in [1.82, 2.24) is 0 Å². The van der Waals surface area contributed by atoms with E-state index in [4.69, 9.17) is 4.74 Å². The van der Waals surface area contributed by atoms with Gasteiger partial charge in [0.25, 0.3) is 0 Å². The summed E-state index contributed by atoms with van der Waals surface area (Å²) in [7, 11) is -1.02. The molecule has 1 saturated heterocycles. The number of halogens is 1. The highest BCUT2D eigenvalue weighted by atomic mass is 127. The lowest BCUT2D eigenvalue weighted by molar-refractivity contribution is -0.913.